The van der Waals surface area contributed by atoms with E-state index in [9.17, 15) is 0 Å². The predicted octanol–water partition coefficient (Wildman–Crippen LogP) is 4.23. The molecule has 1 N–H and O–H groups in total. The van der Waals surface area contributed by atoms with Gasteiger partial charge >= 0.3 is 0 Å². The Morgan fingerprint density at radius 1 is 1.12 bits per heavy atom. The van der Waals surface area contributed by atoms with Crippen molar-refractivity contribution in [2.24, 2.45) is 23.2 Å². The first-order chi connectivity index (χ1) is 8.05. The molecule has 0 radical (unpaired) electrons. The summed E-state index contributed by atoms with van der Waals surface area (Å²) in [6, 6.07) is 0.786. The van der Waals surface area contributed by atoms with E-state index in [1.807, 2.05) is 0 Å². The van der Waals surface area contributed by atoms with Crippen LogP contribution in [0.3, 0.4) is 0 Å². The van der Waals surface area contributed by atoms with Gasteiger partial charge in [0.2, 0.25) is 0 Å². The molecule has 0 heterocycles. The van der Waals surface area contributed by atoms with Crippen molar-refractivity contribution < 1.29 is 0 Å². The summed E-state index contributed by atoms with van der Waals surface area (Å²) in [5.41, 5.74) is 0.575. The predicted molar refractivity (Wildman–Crippen MR) is 75.1 cm³/mol. The van der Waals surface area contributed by atoms with Crippen LogP contribution in [0.5, 0.6) is 0 Å². The average molecular weight is 237 g/mol. The molecular formula is C16H31N. The fourth-order valence-corrected chi connectivity index (χ4v) is 3.96. The summed E-state index contributed by atoms with van der Waals surface area (Å²) < 4.78 is 0. The van der Waals surface area contributed by atoms with Crippen LogP contribution in [0.1, 0.15) is 66.2 Å². The minimum atomic E-state index is 0.575. The second-order valence-electron chi connectivity index (χ2n) is 7.18. The van der Waals surface area contributed by atoms with Gasteiger partial charge < -0.3 is 5.32 Å². The Bertz CT molecular complexity index is 242. The highest BCUT2D eigenvalue weighted by atomic mass is 14.9. The minimum absolute atomic E-state index is 0.575. The zero-order valence-electron chi connectivity index (χ0n) is 12.3. The van der Waals surface area contributed by atoms with Gasteiger partial charge in [0.1, 0.15) is 0 Å². The third-order valence-electron chi connectivity index (χ3n) is 5.35. The molecule has 100 valence electrons. The van der Waals surface area contributed by atoms with Gasteiger partial charge in [0.05, 0.1) is 0 Å². The van der Waals surface area contributed by atoms with Crippen molar-refractivity contribution in [1.29, 1.82) is 0 Å². The maximum Gasteiger partial charge on any atom is 0.0103 e. The van der Waals surface area contributed by atoms with E-state index in [0.29, 0.717) is 5.41 Å². The Morgan fingerprint density at radius 3 is 2.41 bits per heavy atom. The molecule has 2 fully saturated rings. The van der Waals surface area contributed by atoms with Crippen molar-refractivity contribution in [3.05, 3.63) is 0 Å². The smallest absolute Gasteiger partial charge is 0.0103 e. The van der Waals surface area contributed by atoms with Crippen LogP contribution in [-0.4, -0.2) is 12.6 Å². The number of hydrogen-bond acceptors (Lipinski definition) is 1. The van der Waals surface area contributed by atoms with Gasteiger partial charge in [-0.1, -0.05) is 34.1 Å². The molecule has 3 atom stereocenters. The van der Waals surface area contributed by atoms with E-state index < -0.39 is 0 Å². The van der Waals surface area contributed by atoms with Crippen molar-refractivity contribution in [3.63, 3.8) is 0 Å². The molecular weight excluding hydrogens is 206 g/mol. The molecule has 0 aromatic rings. The molecule has 2 saturated carbocycles. The first-order valence-electron chi connectivity index (χ1n) is 7.79. The van der Waals surface area contributed by atoms with Crippen LogP contribution in [0.2, 0.25) is 0 Å². The lowest BCUT2D eigenvalue weighted by Crippen LogP contribution is -2.47. The van der Waals surface area contributed by atoms with E-state index in [2.05, 4.69) is 33.0 Å². The molecule has 2 rings (SSSR count). The van der Waals surface area contributed by atoms with Gasteiger partial charge in [-0.05, 0) is 61.8 Å². The molecule has 0 aliphatic heterocycles. The van der Waals surface area contributed by atoms with Gasteiger partial charge in [-0.2, -0.15) is 0 Å². The molecule has 0 bridgehead atoms. The third kappa shape index (κ3) is 3.05. The van der Waals surface area contributed by atoms with Crippen molar-refractivity contribution in [2.45, 2.75) is 72.3 Å². The molecule has 2 aliphatic carbocycles. The molecule has 0 aromatic carbocycles. The molecule has 0 spiro atoms. The summed E-state index contributed by atoms with van der Waals surface area (Å²) in [6.07, 6.45) is 8.54. The molecule has 3 unspecified atom stereocenters. The maximum atomic E-state index is 3.84. The fraction of sp³-hybridized carbons (Fsp3) is 1.00. The Morgan fingerprint density at radius 2 is 1.82 bits per heavy atom. The van der Waals surface area contributed by atoms with Crippen molar-refractivity contribution >= 4 is 0 Å². The minimum Gasteiger partial charge on any atom is -0.314 e. The lowest BCUT2D eigenvalue weighted by molar-refractivity contribution is 0.0759. The van der Waals surface area contributed by atoms with Crippen LogP contribution in [0, 0.1) is 23.2 Å². The summed E-state index contributed by atoms with van der Waals surface area (Å²) in [5.74, 6) is 2.86. The summed E-state index contributed by atoms with van der Waals surface area (Å²) in [7, 11) is 0. The second-order valence-corrected chi connectivity index (χ2v) is 7.18. The molecule has 0 amide bonds. The lowest BCUT2D eigenvalue weighted by atomic mass is 9.64. The highest BCUT2D eigenvalue weighted by Gasteiger charge is 2.46. The van der Waals surface area contributed by atoms with Gasteiger partial charge in [0, 0.05) is 6.04 Å². The highest BCUT2D eigenvalue weighted by molar-refractivity contribution is 4.98. The summed E-state index contributed by atoms with van der Waals surface area (Å²) in [6.45, 7) is 11.0. The van der Waals surface area contributed by atoms with Gasteiger partial charge in [-0.25, -0.2) is 0 Å². The summed E-state index contributed by atoms with van der Waals surface area (Å²) >= 11 is 0. The zero-order valence-corrected chi connectivity index (χ0v) is 12.3. The van der Waals surface area contributed by atoms with E-state index >= 15 is 0 Å². The molecule has 1 nitrogen and oxygen atoms in total. The Hall–Kier alpha value is -0.0400. The maximum absolute atomic E-state index is 3.84. The normalized spacial score (nSPS) is 34.9. The van der Waals surface area contributed by atoms with Crippen molar-refractivity contribution in [1.82, 2.24) is 5.32 Å². The van der Waals surface area contributed by atoms with Crippen LogP contribution in [0.4, 0.5) is 0 Å². The van der Waals surface area contributed by atoms with Crippen LogP contribution in [0.25, 0.3) is 0 Å². The fourth-order valence-electron chi connectivity index (χ4n) is 3.96. The summed E-state index contributed by atoms with van der Waals surface area (Å²) in [4.78, 5) is 0. The zero-order chi connectivity index (χ0) is 12.5. The monoisotopic (exact) mass is 237 g/mol. The number of nitrogens with one attached hydrogen (secondary N) is 1. The molecule has 2 aliphatic rings. The van der Waals surface area contributed by atoms with E-state index in [1.165, 1.54) is 45.1 Å². The second kappa shape index (κ2) is 5.30. The van der Waals surface area contributed by atoms with Crippen molar-refractivity contribution in [2.75, 3.05) is 6.54 Å². The average Bonchev–Trinajstić information content (AvgIpc) is 3.10. The molecule has 0 aromatic heterocycles. The molecule has 17 heavy (non-hydrogen) atoms. The van der Waals surface area contributed by atoms with Crippen molar-refractivity contribution in [3.8, 4) is 0 Å². The molecule has 0 saturated heterocycles. The topological polar surface area (TPSA) is 12.0 Å². The largest absolute Gasteiger partial charge is 0.314 e. The van der Waals surface area contributed by atoms with Gasteiger partial charge in [0.25, 0.3) is 0 Å². The van der Waals surface area contributed by atoms with E-state index in [-0.39, 0.29) is 0 Å². The SMILES string of the molecule is CCCNC1CC(C)CCC1C(C)(C)C1CC1. The first kappa shape index (κ1) is 13.4. The summed E-state index contributed by atoms with van der Waals surface area (Å²) in [5, 5.41) is 3.84. The van der Waals surface area contributed by atoms with E-state index in [1.54, 1.807) is 0 Å². The molecule has 1 heteroatoms. The Kier molecular flexibility index (Phi) is 4.18. The lowest BCUT2D eigenvalue weighted by Gasteiger charge is -2.45. The number of rotatable bonds is 5. The third-order valence-corrected chi connectivity index (χ3v) is 5.35. The van der Waals surface area contributed by atoms with Crippen LogP contribution in [0.15, 0.2) is 0 Å². The highest BCUT2D eigenvalue weighted by Crippen LogP contribution is 2.53. The van der Waals surface area contributed by atoms with E-state index in [4.69, 9.17) is 0 Å². The van der Waals surface area contributed by atoms with E-state index in [0.717, 1.165) is 23.8 Å². The first-order valence-corrected chi connectivity index (χ1v) is 7.79. The van der Waals surface area contributed by atoms with Gasteiger partial charge in [-0.3, -0.25) is 0 Å². The van der Waals surface area contributed by atoms with Crippen LogP contribution >= 0.6 is 0 Å². The van der Waals surface area contributed by atoms with Gasteiger partial charge in [0.15, 0.2) is 0 Å². The van der Waals surface area contributed by atoms with Crippen LogP contribution < -0.4 is 5.32 Å². The standard InChI is InChI=1S/C16H31N/c1-5-10-17-15-11-12(2)6-9-14(15)16(3,4)13-7-8-13/h12-15,17H,5-11H2,1-4H3. The Labute approximate surface area is 108 Å². The Balaban J connectivity index is 2.01. The van der Waals surface area contributed by atoms with Gasteiger partial charge in [-0.15, -0.1) is 0 Å². The quantitative estimate of drug-likeness (QED) is 0.754. The van der Waals surface area contributed by atoms with Crippen LogP contribution in [-0.2, 0) is 0 Å². The number of hydrogen-bond donors (Lipinski definition) is 1.